The lowest BCUT2D eigenvalue weighted by Crippen LogP contribution is -2.12. The van der Waals surface area contributed by atoms with Gasteiger partial charge < -0.3 is 10.2 Å². The number of aliphatic hydroxyl groups is 2. The second-order valence-corrected chi connectivity index (χ2v) is 6.80. The van der Waals surface area contributed by atoms with E-state index in [1.807, 2.05) is 109 Å². The van der Waals surface area contributed by atoms with Crippen LogP contribution in [-0.4, -0.2) is 10.2 Å². The average Bonchev–Trinajstić information content (AvgIpc) is 2.79. The molecule has 2 atom stereocenters. The molecule has 0 unspecified atom stereocenters. The van der Waals surface area contributed by atoms with Gasteiger partial charge in [0, 0.05) is 0 Å². The lowest BCUT2D eigenvalue weighted by atomic mass is 9.88. The zero-order valence-electron chi connectivity index (χ0n) is 15.4. The molecular formula is C26H22O2. The van der Waals surface area contributed by atoms with Gasteiger partial charge in [0.15, 0.2) is 0 Å². The van der Waals surface area contributed by atoms with E-state index in [4.69, 9.17) is 0 Å². The number of hydrogen-bond donors (Lipinski definition) is 2. The van der Waals surface area contributed by atoms with Gasteiger partial charge in [-0.3, -0.25) is 0 Å². The van der Waals surface area contributed by atoms with E-state index in [1.54, 1.807) is 0 Å². The van der Waals surface area contributed by atoms with Gasteiger partial charge in [-0.25, -0.2) is 0 Å². The van der Waals surface area contributed by atoms with Crippen molar-refractivity contribution in [2.75, 3.05) is 0 Å². The highest BCUT2D eigenvalue weighted by Gasteiger charge is 2.25. The van der Waals surface area contributed by atoms with Crippen LogP contribution in [0.3, 0.4) is 0 Å². The minimum absolute atomic E-state index is 0.712. The summed E-state index contributed by atoms with van der Waals surface area (Å²) in [5, 5.41) is 22.2. The van der Waals surface area contributed by atoms with Gasteiger partial charge in [0.2, 0.25) is 0 Å². The molecule has 0 fully saturated rings. The highest BCUT2D eigenvalue weighted by atomic mass is 16.3. The largest absolute Gasteiger partial charge is 0.385 e. The zero-order chi connectivity index (χ0) is 19.3. The molecule has 2 nitrogen and oxygen atoms in total. The van der Waals surface area contributed by atoms with Gasteiger partial charge in [0.05, 0.1) is 0 Å². The fraction of sp³-hybridized carbons (Fsp3) is 0.0769. The number of rotatable bonds is 5. The summed E-state index contributed by atoms with van der Waals surface area (Å²) in [6, 6.07) is 35.2. The molecule has 0 aromatic heterocycles. The Morgan fingerprint density at radius 1 is 0.393 bits per heavy atom. The van der Waals surface area contributed by atoms with Gasteiger partial charge in [-0.05, 0) is 33.4 Å². The van der Waals surface area contributed by atoms with Crippen LogP contribution in [0, 0.1) is 0 Å². The summed E-state index contributed by atoms with van der Waals surface area (Å²) < 4.78 is 0. The van der Waals surface area contributed by atoms with E-state index in [2.05, 4.69) is 0 Å². The maximum atomic E-state index is 11.1. The molecule has 0 saturated carbocycles. The van der Waals surface area contributed by atoms with Crippen molar-refractivity contribution in [2.45, 2.75) is 12.2 Å². The van der Waals surface area contributed by atoms with E-state index in [9.17, 15) is 10.2 Å². The molecule has 28 heavy (non-hydrogen) atoms. The van der Waals surface area contributed by atoms with Crippen molar-refractivity contribution < 1.29 is 10.2 Å². The van der Waals surface area contributed by atoms with Gasteiger partial charge in [-0.1, -0.05) is 109 Å². The molecule has 4 rings (SSSR count). The smallest absolute Gasteiger partial charge is 0.110 e. The van der Waals surface area contributed by atoms with Crippen LogP contribution in [0.5, 0.6) is 0 Å². The normalized spacial score (nSPS) is 13.1. The molecule has 0 spiro atoms. The monoisotopic (exact) mass is 366 g/mol. The summed E-state index contributed by atoms with van der Waals surface area (Å²) in [6.45, 7) is 0. The number of aliphatic hydroxyl groups excluding tert-OH is 2. The van der Waals surface area contributed by atoms with Crippen LogP contribution >= 0.6 is 0 Å². The Bertz CT molecular complexity index is 955. The molecule has 0 aliphatic carbocycles. The molecule has 4 aromatic rings. The van der Waals surface area contributed by atoms with Crippen LogP contribution in [-0.2, 0) is 0 Å². The van der Waals surface area contributed by atoms with Crippen molar-refractivity contribution in [3.8, 4) is 22.3 Å². The summed E-state index contributed by atoms with van der Waals surface area (Å²) in [5.41, 5.74) is 5.30. The van der Waals surface area contributed by atoms with E-state index >= 15 is 0 Å². The first kappa shape index (κ1) is 18.2. The quantitative estimate of drug-likeness (QED) is 0.469. The molecule has 0 saturated heterocycles. The van der Waals surface area contributed by atoms with Crippen LogP contribution in [0.25, 0.3) is 22.3 Å². The van der Waals surface area contributed by atoms with E-state index < -0.39 is 12.2 Å². The van der Waals surface area contributed by atoms with Crippen molar-refractivity contribution >= 4 is 0 Å². The third kappa shape index (κ3) is 3.61. The fourth-order valence-electron chi connectivity index (χ4n) is 3.61. The minimum atomic E-state index is -1.04. The van der Waals surface area contributed by atoms with Crippen LogP contribution in [0.4, 0.5) is 0 Å². The molecule has 138 valence electrons. The molecule has 2 N–H and O–H groups in total. The highest BCUT2D eigenvalue weighted by molar-refractivity contribution is 5.70. The zero-order valence-corrected chi connectivity index (χ0v) is 15.4. The maximum absolute atomic E-state index is 11.1. The van der Waals surface area contributed by atoms with E-state index in [0.717, 1.165) is 22.3 Å². The average molecular weight is 366 g/mol. The lowest BCUT2D eigenvalue weighted by Gasteiger charge is -2.23. The van der Waals surface area contributed by atoms with Crippen LogP contribution in [0.1, 0.15) is 23.3 Å². The second kappa shape index (κ2) is 8.22. The van der Waals surface area contributed by atoms with E-state index in [1.165, 1.54) is 0 Å². The van der Waals surface area contributed by atoms with E-state index in [0.29, 0.717) is 11.1 Å². The standard InChI is InChI=1S/C26H22O2/c27-25(23-17-9-7-15-21(23)19-11-3-1-4-12-19)26(28)24-18-10-8-16-22(24)20-13-5-2-6-14-20/h1-18,25-28H/t25-,26-/m1/s1. The summed E-state index contributed by atoms with van der Waals surface area (Å²) in [4.78, 5) is 0. The topological polar surface area (TPSA) is 40.5 Å². The van der Waals surface area contributed by atoms with Crippen molar-refractivity contribution in [3.63, 3.8) is 0 Å². The Hall–Kier alpha value is -3.20. The van der Waals surface area contributed by atoms with Gasteiger partial charge in [0.1, 0.15) is 12.2 Å². The molecule has 0 aliphatic rings. The fourth-order valence-corrected chi connectivity index (χ4v) is 3.61. The molecule has 0 radical (unpaired) electrons. The Labute approximate surface area is 165 Å². The Morgan fingerprint density at radius 3 is 1.11 bits per heavy atom. The number of benzene rings is 4. The summed E-state index contributed by atoms with van der Waals surface area (Å²) in [5.74, 6) is 0. The van der Waals surface area contributed by atoms with Crippen molar-refractivity contribution in [2.24, 2.45) is 0 Å². The Morgan fingerprint density at radius 2 is 0.714 bits per heavy atom. The van der Waals surface area contributed by atoms with Crippen LogP contribution in [0.2, 0.25) is 0 Å². The summed E-state index contributed by atoms with van der Waals surface area (Å²) in [6.07, 6.45) is -2.08. The van der Waals surface area contributed by atoms with Crippen LogP contribution < -0.4 is 0 Å². The first-order valence-corrected chi connectivity index (χ1v) is 9.40. The predicted octanol–water partition coefficient (Wildman–Crippen LogP) is 5.79. The first-order chi connectivity index (χ1) is 13.8. The Balaban J connectivity index is 1.74. The van der Waals surface area contributed by atoms with Gasteiger partial charge >= 0.3 is 0 Å². The first-order valence-electron chi connectivity index (χ1n) is 9.40. The predicted molar refractivity (Wildman–Crippen MR) is 114 cm³/mol. The summed E-state index contributed by atoms with van der Waals surface area (Å²) in [7, 11) is 0. The minimum Gasteiger partial charge on any atom is -0.385 e. The molecule has 0 amide bonds. The van der Waals surface area contributed by atoms with Crippen molar-refractivity contribution in [3.05, 3.63) is 120 Å². The van der Waals surface area contributed by atoms with Crippen molar-refractivity contribution in [1.82, 2.24) is 0 Å². The second-order valence-electron chi connectivity index (χ2n) is 6.80. The molecule has 0 aliphatic heterocycles. The SMILES string of the molecule is O[C@H](c1ccccc1-c1ccccc1)[C@H](O)c1ccccc1-c1ccccc1. The van der Waals surface area contributed by atoms with E-state index in [-0.39, 0.29) is 0 Å². The van der Waals surface area contributed by atoms with Gasteiger partial charge in [-0.2, -0.15) is 0 Å². The Kier molecular flexibility index (Phi) is 5.34. The number of hydrogen-bond acceptors (Lipinski definition) is 2. The van der Waals surface area contributed by atoms with Gasteiger partial charge in [-0.15, -0.1) is 0 Å². The third-order valence-corrected chi connectivity index (χ3v) is 5.03. The molecular weight excluding hydrogens is 344 g/mol. The third-order valence-electron chi connectivity index (χ3n) is 5.03. The molecule has 4 aromatic carbocycles. The molecule has 2 heteroatoms. The molecule has 0 heterocycles. The van der Waals surface area contributed by atoms with Crippen LogP contribution in [0.15, 0.2) is 109 Å². The highest BCUT2D eigenvalue weighted by Crippen LogP contribution is 2.38. The van der Waals surface area contributed by atoms with Crippen molar-refractivity contribution in [1.29, 1.82) is 0 Å². The maximum Gasteiger partial charge on any atom is 0.110 e. The summed E-state index contributed by atoms with van der Waals surface area (Å²) >= 11 is 0. The van der Waals surface area contributed by atoms with Gasteiger partial charge in [0.25, 0.3) is 0 Å². The lowest BCUT2D eigenvalue weighted by molar-refractivity contribution is 0.0179. The molecule has 0 bridgehead atoms.